The second-order valence-corrected chi connectivity index (χ2v) is 10.2. The maximum absolute atomic E-state index is 12.8. The lowest BCUT2D eigenvalue weighted by Gasteiger charge is -2.15. The Labute approximate surface area is 225 Å². The minimum atomic E-state index is -0.630. The predicted molar refractivity (Wildman–Crippen MR) is 140 cm³/mol. The molecule has 0 spiro atoms. The minimum Gasteiger partial charge on any atom is -0.493 e. The quantitative estimate of drug-likeness (QED) is 0.233. The van der Waals surface area contributed by atoms with Crippen LogP contribution in [0.1, 0.15) is 31.4 Å². The van der Waals surface area contributed by atoms with E-state index in [2.05, 4.69) is 15.9 Å². The Bertz CT molecular complexity index is 1190. The van der Waals surface area contributed by atoms with E-state index in [1.807, 2.05) is 6.92 Å². The molecule has 0 bridgehead atoms. The van der Waals surface area contributed by atoms with Crippen LogP contribution in [0, 0.1) is 0 Å². The number of halogens is 3. The maximum atomic E-state index is 12.8. The van der Waals surface area contributed by atoms with Gasteiger partial charge in [-0.3, -0.25) is 19.3 Å². The zero-order chi connectivity index (χ0) is 25.7. The van der Waals surface area contributed by atoms with E-state index < -0.39 is 23.7 Å². The molecular weight excluding hydrogens is 581 g/mol. The van der Waals surface area contributed by atoms with Crippen molar-refractivity contribution in [1.29, 1.82) is 0 Å². The van der Waals surface area contributed by atoms with E-state index in [9.17, 15) is 14.4 Å². The Balaban J connectivity index is 1.77. The van der Waals surface area contributed by atoms with Crippen molar-refractivity contribution in [1.82, 2.24) is 4.90 Å². The highest BCUT2D eigenvalue weighted by Gasteiger charge is 2.37. The van der Waals surface area contributed by atoms with Crippen LogP contribution < -0.4 is 9.47 Å². The second kappa shape index (κ2) is 12.2. The van der Waals surface area contributed by atoms with Crippen LogP contribution in [-0.4, -0.2) is 41.8 Å². The Hall–Kier alpha value is -2.20. The Morgan fingerprint density at radius 2 is 1.97 bits per heavy atom. The lowest BCUT2D eigenvalue weighted by Crippen LogP contribution is -2.35. The third-order valence-corrected chi connectivity index (χ3v) is 7.09. The molecule has 0 radical (unpaired) electrons. The van der Waals surface area contributed by atoms with Crippen LogP contribution in [0.25, 0.3) is 6.08 Å². The summed E-state index contributed by atoms with van der Waals surface area (Å²) < 4.78 is 17.1. The van der Waals surface area contributed by atoms with Crippen molar-refractivity contribution in [3.8, 4) is 11.5 Å². The molecule has 2 aromatic carbocycles. The maximum Gasteiger partial charge on any atom is 0.326 e. The van der Waals surface area contributed by atoms with E-state index in [1.165, 1.54) is 7.11 Å². The van der Waals surface area contributed by atoms with Gasteiger partial charge in [0.15, 0.2) is 11.5 Å². The van der Waals surface area contributed by atoms with Gasteiger partial charge in [-0.25, -0.2) is 0 Å². The second-order valence-electron chi connectivity index (χ2n) is 7.54. The number of carbonyl (C=O) groups is 3. The summed E-state index contributed by atoms with van der Waals surface area (Å²) in [5.74, 6) is -0.341. The number of methoxy groups -OCH3 is 1. The number of rotatable bonds is 9. The molecular formula is C24H22BrCl2NO6S. The molecule has 35 heavy (non-hydrogen) atoms. The number of thioether (sulfide) groups is 1. The first-order valence-electron chi connectivity index (χ1n) is 10.5. The first-order valence-corrected chi connectivity index (χ1v) is 12.9. The molecule has 0 aliphatic carbocycles. The molecule has 0 aromatic heterocycles. The largest absolute Gasteiger partial charge is 0.493 e. The first kappa shape index (κ1) is 27.4. The molecule has 1 aliphatic rings. The number of esters is 1. The number of amides is 2. The Morgan fingerprint density at radius 1 is 1.23 bits per heavy atom. The number of hydrogen-bond donors (Lipinski definition) is 0. The lowest BCUT2D eigenvalue weighted by molar-refractivity contribution is -0.150. The third-order valence-electron chi connectivity index (χ3n) is 5.01. The molecule has 2 aromatic rings. The van der Waals surface area contributed by atoms with Crippen molar-refractivity contribution in [2.75, 3.05) is 13.7 Å². The van der Waals surface area contributed by atoms with E-state index in [0.717, 1.165) is 22.2 Å². The van der Waals surface area contributed by atoms with Crippen molar-refractivity contribution < 1.29 is 28.6 Å². The molecule has 186 valence electrons. The summed E-state index contributed by atoms with van der Waals surface area (Å²) in [7, 11) is 1.49. The van der Waals surface area contributed by atoms with E-state index in [-0.39, 0.29) is 17.6 Å². The topological polar surface area (TPSA) is 82.1 Å². The highest BCUT2D eigenvalue weighted by molar-refractivity contribution is 9.10. The van der Waals surface area contributed by atoms with E-state index >= 15 is 0 Å². The fourth-order valence-electron chi connectivity index (χ4n) is 3.01. The van der Waals surface area contributed by atoms with Gasteiger partial charge in [0.05, 0.1) is 22.6 Å². The summed E-state index contributed by atoms with van der Waals surface area (Å²) in [6.45, 7) is 3.36. The molecule has 1 aliphatic heterocycles. The normalized spacial score (nSPS) is 15.5. The molecule has 0 unspecified atom stereocenters. The van der Waals surface area contributed by atoms with Crippen molar-refractivity contribution in [2.45, 2.75) is 33.0 Å². The Kier molecular flexibility index (Phi) is 9.52. The van der Waals surface area contributed by atoms with E-state index in [0.29, 0.717) is 38.0 Å². The average molecular weight is 603 g/mol. The molecule has 2 amide bonds. The monoisotopic (exact) mass is 601 g/mol. The summed E-state index contributed by atoms with van der Waals surface area (Å²) in [6.07, 6.45) is 1.90. The molecule has 7 nitrogen and oxygen atoms in total. The van der Waals surface area contributed by atoms with Crippen LogP contribution in [0.3, 0.4) is 0 Å². The van der Waals surface area contributed by atoms with Gasteiger partial charge < -0.3 is 14.2 Å². The molecule has 3 rings (SSSR count). The van der Waals surface area contributed by atoms with Gasteiger partial charge in [0.25, 0.3) is 11.1 Å². The van der Waals surface area contributed by atoms with Gasteiger partial charge in [-0.05, 0) is 76.9 Å². The fourth-order valence-corrected chi connectivity index (χ4v) is 4.89. The van der Waals surface area contributed by atoms with E-state index in [4.69, 9.17) is 37.4 Å². The first-order chi connectivity index (χ1) is 16.6. The van der Waals surface area contributed by atoms with Gasteiger partial charge >= 0.3 is 5.97 Å². The average Bonchev–Trinajstić information content (AvgIpc) is 3.06. The predicted octanol–water partition coefficient (Wildman–Crippen LogP) is 6.72. The van der Waals surface area contributed by atoms with E-state index in [1.54, 1.807) is 43.3 Å². The molecule has 1 atom stereocenters. The van der Waals surface area contributed by atoms with Gasteiger partial charge in [0.1, 0.15) is 13.2 Å². The minimum absolute atomic E-state index is 0.177. The van der Waals surface area contributed by atoms with Crippen LogP contribution in [-0.2, 0) is 20.9 Å². The standard InChI is InChI=1S/C24H22BrCl2NO6S/c1-4-13(2)34-21(29)11-28-23(30)20(35-24(28)31)9-14-7-17(25)22(19(8-14)32-3)33-12-15-5-6-16(26)10-18(15)27/h5-10,13H,4,11-12H2,1-3H3/b20-9+/t13-/m1/s1. The highest BCUT2D eigenvalue weighted by Crippen LogP contribution is 2.40. The lowest BCUT2D eigenvalue weighted by atomic mass is 10.1. The van der Waals surface area contributed by atoms with Gasteiger partial charge in [-0.15, -0.1) is 0 Å². The number of nitrogens with zero attached hydrogens (tertiary/aromatic N) is 1. The number of ether oxygens (including phenoxy) is 3. The molecule has 0 saturated carbocycles. The van der Waals surface area contributed by atoms with Crippen LogP contribution in [0.4, 0.5) is 4.79 Å². The highest BCUT2D eigenvalue weighted by atomic mass is 79.9. The fraction of sp³-hybridized carbons (Fsp3) is 0.292. The van der Waals surface area contributed by atoms with Gasteiger partial charge in [-0.2, -0.15) is 0 Å². The summed E-state index contributed by atoms with van der Waals surface area (Å²) in [4.78, 5) is 38.2. The van der Waals surface area contributed by atoms with Gasteiger partial charge in [-0.1, -0.05) is 36.2 Å². The van der Waals surface area contributed by atoms with Crippen LogP contribution in [0.2, 0.25) is 10.0 Å². The van der Waals surface area contributed by atoms with Crippen molar-refractivity contribution >= 4 is 74.1 Å². The van der Waals surface area contributed by atoms with Crippen LogP contribution in [0.15, 0.2) is 39.7 Å². The number of hydrogen-bond acceptors (Lipinski definition) is 7. The number of carbonyl (C=O) groups excluding carboxylic acids is 3. The summed E-state index contributed by atoms with van der Waals surface area (Å²) in [5.41, 5.74) is 1.34. The van der Waals surface area contributed by atoms with Crippen LogP contribution >= 0.6 is 50.9 Å². The summed E-state index contributed by atoms with van der Waals surface area (Å²) in [6, 6.07) is 8.53. The zero-order valence-corrected chi connectivity index (χ0v) is 23.0. The molecule has 1 fully saturated rings. The van der Waals surface area contributed by atoms with Crippen molar-refractivity contribution in [3.63, 3.8) is 0 Å². The molecule has 11 heteroatoms. The number of imide groups is 1. The summed E-state index contributed by atoms with van der Waals surface area (Å²) >= 11 is 16.4. The molecule has 0 N–H and O–H groups in total. The zero-order valence-electron chi connectivity index (χ0n) is 19.1. The van der Waals surface area contributed by atoms with Crippen molar-refractivity contribution in [2.24, 2.45) is 0 Å². The van der Waals surface area contributed by atoms with Gasteiger partial charge in [0, 0.05) is 15.6 Å². The molecule has 1 saturated heterocycles. The summed E-state index contributed by atoms with van der Waals surface area (Å²) in [5, 5.41) is 0.472. The van der Waals surface area contributed by atoms with Gasteiger partial charge in [0.2, 0.25) is 0 Å². The van der Waals surface area contributed by atoms with Crippen LogP contribution in [0.5, 0.6) is 11.5 Å². The molecule has 1 heterocycles. The number of benzene rings is 2. The SMILES string of the molecule is CC[C@@H](C)OC(=O)CN1C(=O)S/C(=C/c2cc(Br)c(OCc3ccc(Cl)cc3Cl)c(OC)c2)C1=O. The smallest absolute Gasteiger partial charge is 0.326 e. The van der Waals surface area contributed by atoms with Crippen molar-refractivity contribution in [3.05, 3.63) is 60.9 Å². The third kappa shape index (κ3) is 6.94. The Morgan fingerprint density at radius 3 is 2.63 bits per heavy atom.